The van der Waals surface area contributed by atoms with Crippen molar-refractivity contribution in [2.75, 3.05) is 10.6 Å². The highest BCUT2D eigenvalue weighted by Crippen LogP contribution is 2.13. The average molecular weight is 329 g/mol. The Morgan fingerprint density at radius 3 is 2.04 bits per heavy atom. The number of amides is 3. The molecule has 0 aliphatic carbocycles. The van der Waals surface area contributed by atoms with Crippen molar-refractivity contribution in [2.45, 2.75) is 13.5 Å². The number of hydrogen-bond acceptors (Lipinski definition) is 3. The number of carbonyl (C=O) groups excluding carboxylic acids is 3. The van der Waals surface area contributed by atoms with Crippen LogP contribution in [0.25, 0.3) is 0 Å². The van der Waals surface area contributed by atoms with Crippen LogP contribution in [0.2, 0.25) is 0 Å². The number of nitrogens with one attached hydrogen (secondary N) is 3. The van der Waals surface area contributed by atoms with E-state index in [9.17, 15) is 18.8 Å². The predicted molar refractivity (Wildman–Crippen MR) is 87.6 cm³/mol. The molecule has 7 heteroatoms. The number of benzene rings is 2. The van der Waals surface area contributed by atoms with E-state index >= 15 is 0 Å². The minimum atomic E-state index is -0.871. The molecule has 24 heavy (non-hydrogen) atoms. The van der Waals surface area contributed by atoms with E-state index in [2.05, 4.69) is 16.0 Å². The van der Waals surface area contributed by atoms with Gasteiger partial charge in [0.25, 0.3) is 0 Å². The Morgan fingerprint density at radius 1 is 0.875 bits per heavy atom. The molecule has 0 heterocycles. The van der Waals surface area contributed by atoms with Crippen molar-refractivity contribution in [2.24, 2.45) is 0 Å². The third kappa shape index (κ3) is 4.91. The molecule has 0 fully saturated rings. The summed E-state index contributed by atoms with van der Waals surface area (Å²) in [5.74, 6) is -2.39. The number of anilines is 2. The first-order valence-corrected chi connectivity index (χ1v) is 7.16. The molecule has 3 N–H and O–H groups in total. The SMILES string of the molecule is CC(=O)Nc1ccc(NC(=O)C(=O)NCc2ccccc2F)cc1. The van der Waals surface area contributed by atoms with E-state index in [1.54, 1.807) is 30.3 Å². The Balaban J connectivity index is 1.88. The molecular weight excluding hydrogens is 313 g/mol. The minimum absolute atomic E-state index is 0.0829. The summed E-state index contributed by atoms with van der Waals surface area (Å²) in [5.41, 5.74) is 1.26. The minimum Gasteiger partial charge on any atom is -0.344 e. The van der Waals surface area contributed by atoms with Gasteiger partial charge in [0.1, 0.15) is 5.82 Å². The van der Waals surface area contributed by atoms with Crippen LogP contribution >= 0.6 is 0 Å². The largest absolute Gasteiger partial charge is 0.344 e. The van der Waals surface area contributed by atoms with Crippen LogP contribution < -0.4 is 16.0 Å². The maximum absolute atomic E-state index is 13.4. The quantitative estimate of drug-likeness (QED) is 0.750. The van der Waals surface area contributed by atoms with Gasteiger partial charge in [-0.2, -0.15) is 0 Å². The van der Waals surface area contributed by atoms with E-state index < -0.39 is 17.6 Å². The Kier molecular flexibility index (Phi) is 5.62. The van der Waals surface area contributed by atoms with Crippen molar-refractivity contribution < 1.29 is 18.8 Å². The molecule has 2 rings (SSSR count). The molecule has 0 aliphatic heterocycles. The van der Waals surface area contributed by atoms with E-state index in [0.717, 1.165) is 0 Å². The highest BCUT2D eigenvalue weighted by atomic mass is 19.1. The molecule has 0 aliphatic rings. The molecule has 2 aromatic rings. The van der Waals surface area contributed by atoms with E-state index in [-0.39, 0.29) is 12.5 Å². The van der Waals surface area contributed by atoms with Gasteiger partial charge in [-0.25, -0.2) is 4.39 Å². The Morgan fingerprint density at radius 2 is 1.46 bits per heavy atom. The smallest absolute Gasteiger partial charge is 0.313 e. The lowest BCUT2D eigenvalue weighted by molar-refractivity contribution is -0.136. The van der Waals surface area contributed by atoms with Crippen LogP contribution in [0.3, 0.4) is 0 Å². The van der Waals surface area contributed by atoms with Gasteiger partial charge in [0.05, 0.1) is 0 Å². The molecule has 0 unspecified atom stereocenters. The van der Waals surface area contributed by atoms with Gasteiger partial charge in [0.15, 0.2) is 0 Å². The van der Waals surface area contributed by atoms with Gasteiger partial charge in [0, 0.05) is 30.4 Å². The first-order chi connectivity index (χ1) is 11.5. The molecule has 0 atom stereocenters. The molecule has 6 nitrogen and oxygen atoms in total. The van der Waals surface area contributed by atoms with Crippen molar-refractivity contribution in [3.8, 4) is 0 Å². The zero-order valence-corrected chi connectivity index (χ0v) is 12.9. The van der Waals surface area contributed by atoms with E-state index in [1.165, 1.54) is 25.1 Å². The van der Waals surface area contributed by atoms with Crippen LogP contribution in [-0.4, -0.2) is 17.7 Å². The number of rotatable bonds is 4. The molecule has 0 aromatic heterocycles. The lowest BCUT2D eigenvalue weighted by Gasteiger charge is -2.08. The zero-order chi connectivity index (χ0) is 17.5. The fourth-order valence-electron chi connectivity index (χ4n) is 1.93. The monoisotopic (exact) mass is 329 g/mol. The van der Waals surface area contributed by atoms with Crippen molar-refractivity contribution >= 4 is 29.1 Å². The predicted octanol–water partition coefficient (Wildman–Crippen LogP) is 2.04. The number of carbonyl (C=O) groups is 3. The molecule has 0 bridgehead atoms. The van der Waals surface area contributed by atoms with Crippen molar-refractivity contribution in [1.82, 2.24) is 5.32 Å². The maximum atomic E-state index is 13.4. The summed E-state index contributed by atoms with van der Waals surface area (Å²) >= 11 is 0. The molecule has 0 spiro atoms. The van der Waals surface area contributed by atoms with Gasteiger partial charge in [-0.15, -0.1) is 0 Å². The topological polar surface area (TPSA) is 87.3 Å². The second-order valence-corrected chi connectivity index (χ2v) is 4.99. The Bertz CT molecular complexity index is 760. The van der Waals surface area contributed by atoms with Crippen LogP contribution in [0.1, 0.15) is 12.5 Å². The van der Waals surface area contributed by atoms with Gasteiger partial charge in [0.2, 0.25) is 5.91 Å². The van der Waals surface area contributed by atoms with E-state index in [0.29, 0.717) is 16.9 Å². The van der Waals surface area contributed by atoms with Crippen molar-refractivity contribution in [1.29, 1.82) is 0 Å². The summed E-state index contributed by atoms with van der Waals surface area (Å²) in [6, 6.07) is 12.3. The normalized spacial score (nSPS) is 9.92. The average Bonchev–Trinajstić information content (AvgIpc) is 2.55. The second kappa shape index (κ2) is 7.87. The van der Waals surface area contributed by atoms with E-state index in [4.69, 9.17) is 0 Å². The zero-order valence-electron chi connectivity index (χ0n) is 12.9. The lowest BCUT2D eigenvalue weighted by Crippen LogP contribution is -2.35. The third-order valence-electron chi connectivity index (χ3n) is 3.07. The molecule has 0 saturated heterocycles. The van der Waals surface area contributed by atoms with Crippen molar-refractivity contribution in [3.63, 3.8) is 0 Å². The summed E-state index contributed by atoms with van der Waals surface area (Å²) in [7, 11) is 0. The highest BCUT2D eigenvalue weighted by molar-refractivity contribution is 6.39. The van der Waals surface area contributed by atoms with Gasteiger partial charge in [-0.3, -0.25) is 14.4 Å². The molecule has 2 aromatic carbocycles. The number of halogens is 1. The maximum Gasteiger partial charge on any atom is 0.313 e. The van der Waals surface area contributed by atoms with Gasteiger partial charge >= 0.3 is 11.8 Å². The standard InChI is InChI=1S/C17H16FN3O3/c1-11(22)20-13-6-8-14(9-7-13)21-17(24)16(23)19-10-12-4-2-3-5-15(12)18/h2-9H,10H2,1H3,(H,19,23)(H,20,22)(H,21,24). The van der Waals surface area contributed by atoms with Crippen LogP contribution in [0.15, 0.2) is 48.5 Å². The highest BCUT2D eigenvalue weighted by Gasteiger charge is 2.14. The lowest BCUT2D eigenvalue weighted by atomic mass is 10.2. The summed E-state index contributed by atoms with van der Waals surface area (Å²) in [5, 5.41) is 7.35. The van der Waals surface area contributed by atoms with Gasteiger partial charge in [-0.05, 0) is 30.3 Å². The van der Waals surface area contributed by atoms with Crippen molar-refractivity contribution in [3.05, 3.63) is 59.9 Å². The first-order valence-electron chi connectivity index (χ1n) is 7.16. The van der Waals surface area contributed by atoms with Crippen LogP contribution in [0, 0.1) is 5.82 Å². The summed E-state index contributed by atoms with van der Waals surface area (Å²) in [4.78, 5) is 34.5. The Labute approximate surface area is 138 Å². The second-order valence-electron chi connectivity index (χ2n) is 4.99. The van der Waals surface area contributed by atoms with Crippen LogP contribution in [0.4, 0.5) is 15.8 Å². The molecule has 0 radical (unpaired) electrons. The first kappa shape index (κ1) is 17.1. The molecule has 3 amide bonds. The number of hydrogen-bond donors (Lipinski definition) is 3. The molecule has 0 saturated carbocycles. The Hall–Kier alpha value is -3.22. The third-order valence-corrected chi connectivity index (χ3v) is 3.07. The summed E-state index contributed by atoms with van der Waals surface area (Å²) in [6.07, 6.45) is 0. The van der Waals surface area contributed by atoms with Crippen LogP contribution in [0.5, 0.6) is 0 Å². The van der Waals surface area contributed by atoms with Gasteiger partial charge in [-0.1, -0.05) is 18.2 Å². The summed E-state index contributed by atoms with van der Waals surface area (Å²) in [6.45, 7) is 1.30. The van der Waals surface area contributed by atoms with Gasteiger partial charge < -0.3 is 16.0 Å². The van der Waals surface area contributed by atoms with Crippen LogP contribution in [-0.2, 0) is 20.9 Å². The fraction of sp³-hybridized carbons (Fsp3) is 0.118. The fourth-order valence-corrected chi connectivity index (χ4v) is 1.93. The summed E-state index contributed by atoms with van der Waals surface area (Å²) < 4.78 is 13.4. The molecule has 124 valence electrons. The molecular formula is C17H16FN3O3. The van der Waals surface area contributed by atoms with E-state index in [1.807, 2.05) is 0 Å².